The number of ether oxygens (including phenoxy) is 3. The van der Waals surface area contributed by atoms with Crippen LogP contribution in [0.4, 0.5) is 0 Å². The fraction of sp³-hybridized carbons (Fsp3) is 0.644. The molecule has 7 atom stereocenters. The molecule has 11 N–H and O–H groups in total. The summed E-state index contributed by atoms with van der Waals surface area (Å²) in [5, 5.41) is 41.9. The largest absolute Gasteiger partial charge is 0.507 e. The minimum atomic E-state index is -1.46. The number of benzene rings is 1. The van der Waals surface area contributed by atoms with Crippen LogP contribution in [0.3, 0.4) is 0 Å². The number of aromatic hydroxyl groups is 1. The highest BCUT2D eigenvalue weighted by Gasteiger charge is 2.40. The number of phenols is 1. The number of unbranched alkanes of at least 4 members (excludes halogenated alkanes) is 1. The number of hydrogen-bond donors (Lipinski definition) is 9. The Hall–Kier alpha value is -6.56. The zero-order valence-corrected chi connectivity index (χ0v) is 40.5. The second-order valence-electron chi connectivity index (χ2n) is 17.3. The average molecular weight is 975 g/mol. The Morgan fingerprint density at radius 1 is 1.04 bits per heavy atom. The van der Waals surface area contributed by atoms with Gasteiger partial charge in [-0.25, -0.2) is 24.7 Å². The molecule has 2 aliphatic heterocycles. The lowest BCUT2D eigenvalue weighted by atomic mass is 9.94. The predicted molar refractivity (Wildman–Crippen MR) is 250 cm³/mol. The fourth-order valence-corrected chi connectivity index (χ4v) is 7.98. The molecule has 1 fully saturated rings. The number of nitro groups is 1. The first-order valence-electron chi connectivity index (χ1n) is 23.1. The van der Waals surface area contributed by atoms with E-state index >= 15 is 0 Å². The van der Waals surface area contributed by atoms with Crippen LogP contribution >= 0.6 is 0 Å². The molecule has 5 amide bonds. The number of guanidine groups is 1. The zero-order valence-electron chi connectivity index (χ0n) is 40.5. The number of phenolic OH excluding ortho intramolecular Hbond substituents is 1. The summed E-state index contributed by atoms with van der Waals surface area (Å²) in [6, 6.07) is -5.67. The Kier molecular flexibility index (Phi) is 22.6. The normalized spacial score (nSPS) is 17.3. The van der Waals surface area contributed by atoms with Gasteiger partial charge in [-0.1, -0.05) is 37.3 Å². The molecule has 1 aromatic carbocycles. The van der Waals surface area contributed by atoms with Crippen LogP contribution in [-0.2, 0) is 51.3 Å². The van der Waals surface area contributed by atoms with Gasteiger partial charge < -0.3 is 62.1 Å². The molecule has 2 aliphatic rings. The van der Waals surface area contributed by atoms with E-state index in [1.54, 1.807) is 25.3 Å². The third kappa shape index (κ3) is 16.3. The van der Waals surface area contributed by atoms with E-state index in [1.807, 2.05) is 13.8 Å². The summed E-state index contributed by atoms with van der Waals surface area (Å²) in [6.07, 6.45) is 2.94. The Morgan fingerprint density at radius 3 is 2.38 bits per heavy atom. The third-order valence-corrected chi connectivity index (χ3v) is 12.3. The predicted octanol–water partition coefficient (Wildman–Crippen LogP) is 0.184. The Labute approximate surface area is 401 Å². The smallest absolute Gasteiger partial charge is 0.342 e. The molecule has 0 spiro atoms. The summed E-state index contributed by atoms with van der Waals surface area (Å²) in [5.41, 5.74) is 15.7. The number of nitrogens with zero attached hydrogens (tertiary/aromatic N) is 3. The average Bonchev–Trinajstić information content (AvgIpc) is 3.97. The van der Waals surface area contributed by atoms with Crippen LogP contribution in [0.2, 0.25) is 0 Å². The zero-order chi connectivity index (χ0) is 51.5. The number of nitrogens with one attached hydrogen (secondary N) is 5. The topological polar surface area (TPSA) is 359 Å². The van der Waals surface area contributed by atoms with E-state index in [2.05, 4.69) is 26.3 Å². The number of hydrogen-bond acceptors (Lipinski definition) is 16. The van der Waals surface area contributed by atoms with E-state index in [0.717, 1.165) is 12.7 Å². The molecule has 24 heteroatoms. The molecule has 69 heavy (non-hydrogen) atoms. The first-order chi connectivity index (χ1) is 32.7. The van der Waals surface area contributed by atoms with E-state index in [1.165, 1.54) is 18.9 Å². The van der Waals surface area contributed by atoms with Gasteiger partial charge in [-0.3, -0.25) is 24.0 Å². The van der Waals surface area contributed by atoms with Crippen LogP contribution in [0.1, 0.15) is 119 Å². The number of rotatable bonds is 27. The van der Waals surface area contributed by atoms with E-state index < -0.39 is 82.9 Å². The van der Waals surface area contributed by atoms with Gasteiger partial charge in [-0.05, 0) is 90.0 Å². The highest BCUT2D eigenvalue weighted by molar-refractivity contribution is 5.98. The van der Waals surface area contributed by atoms with Crippen molar-refractivity contribution in [1.82, 2.24) is 31.6 Å². The molecule has 1 saturated heterocycles. The number of aliphatic hydroxyl groups excluding tert-OH is 1. The van der Waals surface area contributed by atoms with Crippen LogP contribution in [-0.4, -0.2) is 138 Å². The van der Waals surface area contributed by atoms with Gasteiger partial charge in [0.1, 0.15) is 41.8 Å². The summed E-state index contributed by atoms with van der Waals surface area (Å²) >= 11 is 0. The molecule has 0 unspecified atom stereocenters. The van der Waals surface area contributed by atoms with Crippen molar-refractivity contribution in [2.24, 2.45) is 22.4 Å². The maximum atomic E-state index is 14.3. The first kappa shape index (κ1) is 56.8. The number of fused-ring (bicyclic) bond motifs is 1. The molecular formula is C45H70N10O14. The number of allylic oxidation sites excluding steroid dienone is 2. The summed E-state index contributed by atoms with van der Waals surface area (Å²) in [5.74, 6) is -4.82. The van der Waals surface area contributed by atoms with E-state index in [0.29, 0.717) is 48.1 Å². The van der Waals surface area contributed by atoms with Crippen LogP contribution in [0.25, 0.3) is 0 Å². The van der Waals surface area contributed by atoms with Gasteiger partial charge in [-0.2, -0.15) is 0 Å². The highest BCUT2D eigenvalue weighted by atomic mass is 16.7. The van der Waals surface area contributed by atoms with Crippen molar-refractivity contribution in [3.05, 3.63) is 44.0 Å². The number of amides is 5. The second-order valence-corrected chi connectivity index (χ2v) is 17.3. The standard InChI is InChI=1S/C45H70N10O14/c1-8-25(3)35(46)41(61)48-20-10-9-13-30(39(59)52-36(27(5)56)44(64)68-7)51-40(60)32-15-12-22-54(32)42(62)31(14-11-21-49-45(47)53-55(65)66)50-33(57)19-17-24(2)16-18-28-37(58)34-29(23-69-43(34)63)26(4)38(28)67-6/h16,25,27,30-32,35-36,56,58H,8-15,17-23,46H2,1-7H3,(H,48,61)(H,50,57)(H,51,60)(H,52,59)(H3,47,49,53)/b24-16+/t25-,27+,30-,31-,32-,35-,36-/m0/s1. The quantitative estimate of drug-likeness (QED) is 0.0108. The van der Waals surface area contributed by atoms with Gasteiger partial charge in [0.25, 0.3) is 5.96 Å². The van der Waals surface area contributed by atoms with Crippen LogP contribution in [0, 0.1) is 23.0 Å². The minimum Gasteiger partial charge on any atom is -0.507 e. The molecule has 2 heterocycles. The van der Waals surface area contributed by atoms with Crippen molar-refractivity contribution in [3.8, 4) is 11.5 Å². The number of aliphatic hydroxyl groups is 1. The third-order valence-electron chi connectivity index (χ3n) is 12.3. The van der Waals surface area contributed by atoms with E-state index in [-0.39, 0.29) is 94.3 Å². The van der Waals surface area contributed by atoms with Gasteiger partial charge in [0.05, 0.1) is 26.4 Å². The molecule has 3 rings (SSSR count). The molecule has 24 nitrogen and oxygen atoms in total. The van der Waals surface area contributed by atoms with Gasteiger partial charge in [-0.15, -0.1) is 0 Å². The number of cyclic esters (lactones) is 1. The number of nitrogens with two attached hydrogens (primary N) is 2. The Morgan fingerprint density at radius 2 is 1.74 bits per heavy atom. The van der Waals surface area contributed by atoms with Crippen molar-refractivity contribution < 1.29 is 63.0 Å². The summed E-state index contributed by atoms with van der Waals surface area (Å²) in [6.45, 7) is 8.94. The Bertz CT molecular complexity index is 2100. The number of carbonyl (C=O) groups excluding carboxylic acids is 7. The van der Waals surface area contributed by atoms with Crippen LogP contribution < -0.4 is 42.9 Å². The number of carbonyl (C=O) groups is 7. The SMILES string of the molecule is CC[C@H](C)[C@H](N)C(=O)NCCCC[C@H](NC(=O)[C@@H]1CCCN1C(=O)[C@H](CCCN=C(N)N[N+](=O)[O-])NC(=O)CC/C(C)=C/Cc1c(O)c2c(c(C)c1OC)COC2=O)C(=O)N[C@H](C(=O)OC)[C@@H](C)O. The minimum absolute atomic E-state index is 0.00322. The number of likely N-dealkylation sites (tertiary alicyclic amines) is 1. The van der Waals surface area contributed by atoms with Crippen LogP contribution in [0.5, 0.6) is 11.5 Å². The summed E-state index contributed by atoms with van der Waals surface area (Å²) < 4.78 is 15.4. The van der Waals surface area contributed by atoms with Crippen molar-refractivity contribution >= 4 is 47.4 Å². The van der Waals surface area contributed by atoms with E-state index in [9.17, 15) is 53.9 Å². The molecule has 0 bridgehead atoms. The molecule has 1 aromatic rings. The summed E-state index contributed by atoms with van der Waals surface area (Å²) in [7, 11) is 2.54. The number of methoxy groups -OCH3 is 2. The van der Waals surface area contributed by atoms with Gasteiger partial charge in [0, 0.05) is 37.2 Å². The Balaban J connectivity index is 1.78. The number of esters is 2. The van der Waals surface area contributed by atoms with Crippen molar-refractivity contribution in [1.29, 1.82) is 0 Å². The summed E-state index contributed by atoms with van der Waals surface area (Å²) in [4.78, 5) is 109. The van der Waals surface area contributed by atoms with Crippen molar-refractivity contribution in [3.63, 3.8) is 0 Å². The number of hydrazine groups is 1. The molecule has 0 aliphatic carbocycles. The number of aliphatic imine (C=N–C) groups is 1. The molecule has 0 saturated carbocycles. The van der Waals surface area contributed by atoms with Crippen molar-refractivity contribution in [2.75, 3.05) is 33.9 Å². The van der Waals surface area contributed by atoms with Gasteiger partial charge in [0.15, 0.2) is 11.1 Å². The second kappa shape index (κ2) is 27.4. The maximum Gasteiger partial charge on any atom is 0.342 e. The molecular weight excluding hydrogens is 905 g/mol. The van der Waals surface area contributed by atoms with Crippen LogP contribution in [0.15, 0.2) is 16.6 Å². The molecule has 0 radical (unpaired) electrons. The lowest BCUT2D eigenvalue weighted by molar-refractivity contribution is -0.525. The lowest BCUT2D eigenvalue weighted by Crippen LogP contribution is -2.58. The van der Waals surface area contributed by atoms with Crippen molar-refractivity contribution in [2.45, 2.75) is 148 Å². The lowest BCUT2D eigenvalue weighted by Gasteiger charge is -2.30. The monoisotopic (exact) mass is 975 g/mol. The maximum absolute atomic E-state index is 14.3. The van der Waals surface area contributed by atoms with Gasteiger partial charge >= 0.3 is 11.9 Å². The first-order valence-corrected chi connectivity index (χ1v) is 23.1. The van der Waals surface area contributed by atoms with E-state index in [4.69, 9.17) is 25.7 Å². The molecule has 0 aromatic heterocycles. The highest BCUT2D eigenvalue weighted by Crippen LogP contribution is 2.42. The molecule has 384 valence electrons. The van der Waals surface area contributed by atoms with Gasteiger partial charge in [0.2, 0.25) is 29.5 Å². The fourth-order valence-electron chi connectivity index (χ4n) is 7.98.